The molecule has 112 valence electrons. The van der Waals surface area contributed by atoms with Crippen LogP contribution in [0, 0.1) is 0 Å². The first kappa shape index (κ1) is 13.7. The smallest absolute Gasteiger partial charge is 0.137 e. The highest BCUT2D eigenvalue weighted by Crippen LogP contribution is 2.23. The van der Waals surface area contributed by atoms with Gasteiger partial charge in [-0.1, -0.05) is 18.2 Å². The van der Waals surface area contributed by atoms with Gasteiger partial charge in [-0.15, -0.1) is 0 Å². The first-order valence-electron chi connectivity index (χ1n) is 7.43. The Hall–Kier alpha value is -2.98. The van der Waals surface area contributed by atoms with E-state index in [1.807, 2.05) is 53.1 Å². The fraction of sp³-hybridized carbons (Fsp3) is 0.0526. The lowest BCUT2D eigenvalue weighted by Gasteiger charge is -2.04. The molecule has 4 aromatic rings. The molecule has 0 aliphatic rings. The maximum absolute atomic E-state index is 9.29. The van der Waals surface area contributed by atoms with Crippen molar-refractivity contribution in [3.8, 4) is 22.4 Å². The van der Waals surface area contributed by atoms with Crippen LogP contribution >= 0.6 is 0 Å². The van der Waals surface area contributed by atoms with Crippen molar-refractivity contribution in [2.75, 3.05) is 0 Å². The largest absolute Gasteiger partial charge is 0.392 e. The third-order valence-corrected chi connectivity index (χ3v) is 3.87. The molecule has 4 rings (SSSR count). The van der Waals surface area contributed by atoms with Crippen LogP contribution in [-0.2, 0) is 6.61 Å². The molecular formula is C19H15N3O. The molecular weight excluding hydrogens is 286 g/mol. The second-order valence-corrected chi connectivity index (χ2v) is 5.40. The average Bonchev–Trinajstić information content (AvgIpc) is 3.06. The second kappa shape index (κ2) is 5.66. The first-order chi connectivity index (χ1) is 11.3. The van der Waals surface area contributed by atoms with Crippen molar-refractivity contribution in [1.82, 2.24) is 14.4 Å². The second-order valence-electron chi connectivity index (χ2n) is 5.40. The molecule has 3 heterocycles. The van der Waals surface area contributed by atoms with Crippen LogP contribution < -0.4 is 0 Å². The van der Waals surface area contributed by atoms with E-state index in [9.17, 15) is 5.11 Å². The van der Waals surface area contributed by atoms with E-state index >= 15 is 0 Å². The predicted octanol–water partition coefficient (Wildman–Crippen LogP) is 3.56. The van der Waals surface area contributed by atoms with Crippen LogP contribution in [0.2, 0.25) is 0 Å². The van der Waals surface area contributed by atoms with E-state index in [1.54, 1.807) is 12.4 Å². The van der Waals surface area contributed by atoms with Gasteiger partial charge in [0.1, 0.15) is 5.65 Å². The fourth-order valence-corrected chi connectivity index (χ4v) is 2.67. The average molecular weight is 301 g/mol. The Morgan fingerprint density at radius 2 is 1.74 bits per heavy atom. The normalized spacial score (nSPS) is 11.0. The third-order valence-electron chi connectivity index (χ3n) is 3.87. The van der Waals surface area contributed by atoms with Crippen LogP contribution in [0.4, 0.5) is 0 Å². The maximum atomic E-state index is 9.29. The number of hydrogen-bond donors (Lipinski definition) is 1. The van der Waals surface area contributed by atoms with Gasteiger partial charge in [-0.2, -0.15) is 0 Å². The maximum Gasteiger partial charge on any atom is 0.137 e. The standard InChI is InChI=1S/C19H15N3O/c23-13-14-2-1-3-16(10-14)17-4-5-19-21-18(12-22(19)11-17)15-6-8-20-9-7-15/h1-12,23H,13H2. The number of nitrogens with zero attached hydrogens (tertiary/aromatic N) is 3. The number of aliphatic hydroxyl groups is 1. The Bertz CT molecular complexity index is 961. The van der Waals surface area contributed by atoms with Crippen LogP contribution in [0.5, 0.6) is 0 Å². The summed E-state index contributed by atoms with van der Waals surface area (Å²) < 4.78 is 2.02. The molecule has 0 bridgehead atoms. The molecule has 0 aliphatic heterocycles. The van der Waals surface area contributed by atoms with Crippen molar-refractivity contribution >= 4 is 5.65 Å². The summed E-state index contributed by atoms with van der Waals surface area (Å²) >= 11 is 0. The highest BCUT2D eigenvalue weighted by atomic mass is 16.3. The van der Waals surface area contributed by atoms with Gasteiger partial charge in [-0.25, -0.2) is 4.98 Å². The number of pyridine rings is 2. The van der Waals surface area contributed by atoms with Gasteiger partial charge in [0.15, 0.2) is 0 Å². The number of aliphatic hydroxyl groups excluding tert-OH is 1. The highest BCUT2D eigenvalue weighted by molar-refractivity contribution is 5.68. The molecule has 4 nitrogen and oxygen atoms in total. The predicted molar refractivity (Wildman–Crippen MR) is 89.8 cm³/mol. The van der Waals surface area contributed by atoms with Gasteiger partial charge in [0.25, 0.3) is 0 Å². The summed E-state index contributed by atoms with van der Waals surface area (Å²) in [5.74, 6) is 0. The van der Waals surface area contributed by atoms with E-state index in [0.29, 0.717) is 0 Å². The van der Waals surface area contributed by atoms with Crippen molar-refractivity contribution < 1.29 is 5.11 Å². The summed E-state index contributed by atoms with van der Waals surface area (Å²) in [5.41, 5.74) is 5.95. The van der Waals surface area contributed by atoms with E-state index in [0.717, 1.165) is 33.6 Å². The lowest BCUT2D eigenvalue weighted by Crippen LogP contribution is -1.87. The number of hydrogen-bond acceptors (Lipinski definition) is 3. The molecule has 0 amide bonds. The minimum Gasteiger partial charge on any atom is -0.392 e. The summed E-state index contributed by atoms with van der Waals surface area (Å²) in [6.07, 6.45) is 7.61. The Balaban J connectivity index is 1.79. The molecule has 1 N–H and O–H groups in total. The van der Waals surface area contributed by atoms with Crippen LogP contribution in [-0.4, -0.2) is 19.5 Å². The zero-order valence-electron chi connectivity index (χ0n) is 12.4. The SMILES string of the molecule is OCc1cccc(-c2ccc3nc(-c4ccncc4)cn3c2)c1. The lowest BCUT2D eigenvalue weighted by molar-refractivity contribution is 0.282. The molecule has 0 radical (unpaired) electrons. The van der Waals surface area contributed by atoms with Crippen molar-refractivity contribution in [1.29, 1.82) is 0 Å². The summed E-state index contributed by atoms with van der Waals surface area (Å²) in [6, 6.07) is 15.9. The molecule has 23 heavy (non-hydrogen) atoms. The third kappa shape index (κ3) is 2.60. The van der Waals surface area contributed by atoms with E-state index in [4.69, 9.17) is 0 Å². The quantitative estimate of drug-likeness (QED) is 0.629. The molecule has 0 fully saturated rings. The van der Waals surface area contributed by atoms with Gasteiger partial charge in [0.2, 0.25) is 0 Å². The summed E-state index contributed by atoms with van der Waals surface area (Å²) in [7, 11) is 0. The molecule has 0 spiro atoms. The number of benzene rings is 1. The van der Waals surface area contributed by atoms with Gasteiger partial charge in [-0.05, 0) is 47.0 Å². The minimum absolute atomic E-state index is 0.0490. The zero-order valence-corrected chi connectivity index (χ0v) is 12.4. The Labute approximate surface area is 133 Å². The lowest BCUT2D eigenvalue weighted by atomic mass is 10.1. The van der Waals surface area contributed by atoms with E-state index in [2.05, 4.69) is 22.2 Å². The van der Waals surface area contributed by atoms with Crippen molar-refractivity contribution in [2.24, 2.45) is 0 Å². The van der Waals surface area contributed by atoms with Crippen molar-refractivity contribution in [3.63, 3.8) is 0 Å². The fourth-order valence-electron chi connectivity index (χ4n) is 2.67. The van der Waals surface area contributed by atoms with Gasteiger partial charge >= 0.3 is 0 Å². The van der Waals surface area contributed by atoms with E-state index in [1.165, 1.54) is 0 Å². The Morgan fingerprint density at radius 3 is 2.57 bits per heavy atom. The minimum atomic E-state index is 0.0490. The van der Waals surface area contributed by atoms with Crippen LogP contribution in [0.1, 0.15) is 5.56 Å². The first-order valence-corrected chi connectivity index (χ1v) is 7.43. The summed E-state index contributed by atoms with van der Waals surface area (Å²) in [6.45, 7) is 0.0490. The van der Waals surface area contributed by atoms with Crippen LogP contribution in [0.25, 0.3) is 28.0 Å². The number of rotatable bonds is 3. The molecule has 1 aromatic carbocycles. The van der Waals surface area contributed by atoms with Crippen LogP contribution in [0.3, 0.4) is 0 Å². The Morgan fingerprint density at radius 1 is 0.870 bits per heavy atom. The van der Waals surface area contributed by atoms with Crippen molar-refractivity contribution in [2.45, 2.75) is 6.61 Å². The van der Waals surface area contributed by atoms with Crippen LogP contribution in [0.15, 0.2) is 73.3 Å². The molecule has 0 aliphatic carbocycles. The van der Waals surface area contributed by atoms with E-state index in [-0.39, 0.29) is 6.61 Å². The highest BCUT2D eigenvalue weighted by Gasteiger charge is 2.06. The number of fused-ring (bicyclic) bond motifs is 1. The molecule has 0 saturated heterocycles. The molecule has 0 saturated carbocycles. The van der Waals surface area contributed by atoms with Gasteiger partial charge < -0.3 is 9.51 Å². The van der Waals surface area contributed by atoms with Gasteiger partial charge in [0.05, 0.1) is 12.3 Å². The van der Waals surface area contributed by atoms with Gasteiger partial charge in [-0.3, -0.25) is 4.98 Å². The molecule has 0 atom stereocenters. The topological polar surface area (TPSA) is 50.4 Å². The van der Waals surface area contributed by atoms with Crippen molar-refractivity contribution in [3.05, 3.63) is 78.9 Å². The molecule has 4 heteroatoms. The zero-order chi connectivity index (χ0) is 15.6. The van der Waals surface area contributed by atoms with Gasteiger partial charge in [0, 0.05) is 30.4 Å². The Kier molecular flexibility index (Phi) is 3.37. The summed E-state index contributed by atoms with van der Waals surface area (Å²) in [5, 5.41) is 9.29. The summed E-state index contributed by atoms with van der Waals surface area (Å²) in [4.78, 5) is 8.69. The van der Waals surface area contributed by atoms with E-state index < -0.39 is 0 Å². The monoisotopic (exact) mass is 301 g/mol. The number of aromatic nitrogens is 3. The number of imidazole rings is 1. The molecule has 0 unspecified atom stereocenters. The molecule has 3 aromatic heterocycles.